The number of amides is 1. The van der Waals surface area contributed by atoms with Crippen molar-refractivity contribution in [1.82, 2.24) is 0 Å². The maximum Gasteiger partial charge on any atom is 0.224 e. The van der Waals surface area contributed by atoms with Gasteiger partial charge < -0.3 is 15.8 Å². The molecule has 1 saturated carbocycles. The third-order valence-corrected chi connectivity index (χ3v) is 4.89. The predicted octanol–water partition coefficient (Wildman–Crippen LogP) is 4.45. The number of rotatable bonds is 6. The summed E-state index contributed by atoms with van der Waals surface area (Å²) in [6, 6.07) is 16.0. The molecule has 5 heteroatoms. The molecule has 1 fully saturated rings. The first-order chi connectivity index (χ1) is 12.1. The fourth-order valence-corrected chi connectivity index (χ4v) is 3.37. The van der Waals surface area contributed by atoms with E-state index in [1.807, 2.05) is 55.5 Å². The summed E-state index contributed by atoms with van der Waals surface area (Å²) in [5.41, 5.74) is 9.02. The molecule has 3 N–H and O–H groups in total. The van der Waals surface area contributed by atoms with Crippen LogP contribution in [0, 0.1) is 12.8 Å². The van der Waals surface area contributed by atoms with Crippen LogP contribution in [0.25, 0.3) is 0 Å². The number of ether oxygens (including phenoxy) is 1. The largest absolute Gasteiger partial charge is 0.489 e. The number of aryl methyl sites for hydroxylation is 1. The van der Waals surface area contributed by atoms with Crippen molar-refractivity contribution >= 4 is 24.0 Å². The molecular formula is C21H27ClN2O2. The first kappa shape index (κ1) is 20.3. The van der Waals surface area contributed by atoms with E-state index in [-0.39, 0.29) is 24.4 Å². The van der Waals surface area contributed by atoms with E-state index in [2.05, 4.69) is 5.32 Å². The summed E-state index contributed by atoms with van der Waals surface area (Å²) in [5.74, 6) is 1.16. The Labute approximate surface area is 161 Å². The van der Waals surface area contributed by atoms with Crippen molar-refractivity contribution in [2.24, 2.45) is 11.7 Å². The third-order valence-electron chi connectivity index (χ3n) is 4.89. The standard InChI is InChI=1S/C21H26N2O2.ClH/c1-15-12-18(25-14-16-6-3-2-4-7-16)10-11-20(15)23-21(24)13-17-8-5-9-19(17)22;/h2-4,6-7,10-12,17,19H,5,8-9,13-14,22H2,1H3,(H,23,24);1H/t17-,19+;/m0./s1. The summed E-state index contributed by atoms with van der Waals surface area (Å²) in [7, 11) is 0. The molecule has 0 bridgehead atoms. The van der Waals surface area contributed by atoms with E-state index in [1.54, 1.807) is 0 Å². The number of nitrogens with two attached hydrogens (primary N) is 1. The van der Waals surface area contributed by atoms with Gasteiger partial charge in [0.2, 0.25) is 5.91 Å². The van der Waals surface area contributed by atoms with Crippen LogP contribution in [0.1, 0.15) is 36.8 Å². The van der Waals surface area contributed by atoms with E-state index < -0.39 is 0 Å². The quantitative estimate of drug-likeness (QED) is 0.784. The first-order valence-corrected chi connectivity index (χ1v) is 8.94. The Hall–Kier alpha value is -2.04. The second kappa shape index (κ2) is 9.60. The summed E-state index contributed by atoms with van der Waals surface area (Å²) in [5, 5.41) is 3.01. The normalized spacial score (nSPS) is 18.8. The molecule has 4 nitrogen and oxygen atoms in total. The highest BCUT2D eigenvalue weighted by Crippen LogP contribution is 2.28. The van der Waals surface area contributed by atoms with Gasteiger partial charge in [0, 0.05) is 18.2 Å². The molecule has 2 atom stereocenters. The maximum absolute atomic E-state index is 12.3. The highest BCUT2D eigenvalue weighted by Gasteiger charge is 2.26. The number of halogens is 1. The Morgan fingerprint density at radius 3 is 2.62 bits per heavy atom. The fraction of sp³-hybridized carbons (Fsp3) is 0.381. The lowest BCUT2D eigenvalue weighted by Gasteiger charge is -2.16. The zero-order valence-electron chi connectivity index (χ0n) is 15.1. The van der Waals surface area contributed by atoms with Gasteiger partial charge in [-0.2, -0.15) is 0 Å². The molecular weight excluding hydrogens is 348 g/mol. The second-order valence-electron chi connectivity index (χ2n) is 6.86. The van der Waals surface area contributed by atoms with E-state index in [4.69, 9.17) is 10.5 Å². The molecule has 2 aromatic carbocycles. The van der Waals surface area contributed by atoms with Crippen LogP contribution in [-0.2, 0) is 11.4 Å². The van der Waals surface area contributed by atoms with Crippen LogP contribution in [0.4, 0.5) is 5.69 Å². The van der Waals surface area contributed by atoms with Gasteiger partial charge in [-0.15, -0.1) is 12.4 Å². The molecule has 1 aliphatic carbocycles. The van der Waals surface area contributed by atoms with Gasteiger partial charge >= 0.3 is 0 Å². The molecule has 1 aliphatic rings. The minimum absolute atomic E-state index is 0. The molecule has 0 heterocycles. The molecule has 0 radical (unpaired) electrons. The molecule has 0 unspecified atom stereocenters. The zero-order valence-corrected chi connectivity index (χ0v) is 15.9. The SMILES string of the molecule is Cc1cc(OCc2ccccc2)ccc1NC(=O)C[C@@H]1CCC[C@H]1N.Cl. The first-order valence-electron chi connectivity index (χ1n) is 8.94. The Balaban J connectivity index is 0.00000243. The molecule has 3 rings (SSSR count). The van der Waals surface area contributed by atoms with Gasteiger partial charge in [0.1, 0.15) is 12.4 Å². The van der Waals surface area contributed by atoms with Crippen molar-refractivity contribution in [3.8, 4) is 5.75 Å². The number of hydrogen-bond donors (Lipinski definition) is 2. The van der Waals surface area contributed by atoms with E-state index in [1.165, 1.54) is 0 Å². The lowest BCUT2D eigenvalue weighted by atomic mass is 10.00. The average molecular weight is 375 g/mol. The van der Waals surface area contributed by atoms with Crippen LogP contribution in [-0.4, -0.2) is 11.9 Å². The smallest absolute Gasteiger partial charge is 0.224 e. The maximum atomic E-state index is 12.3. The molecule has 1 amide bonds. The van der Waals surface area contributed by atoms with Crippen molar-refractivity contribution in [2.45, 2.75) is 45.3 Å². The van der Waals surface area contributed by atoms with Gasteiger partial charge in [-0.25, -0.2) is 0 Å². The third kappa shape index (κ3) is 5.48. The molecule has 140 valence electrons. The Bertz CT molecular complexity index is 721. The summed E-state index contributed by atoms with van der Waals surface area (Å²) in [6.07, 6.45) is 3.72. The monoisotopic (exact) mass is 374 g/mol. The number of nitrogens with one attached hydrogen (secondary N) is 1. The Morgan fingerprint density at radius 2 is 1.96 bits per heavy atom. The molecule has 2 aromatic rings. The Kier molecular flexibility index (Phi) is 7.49. The van der Waals surface area contributed by atoms with Crippen LogP contribution in [0.15, 0.2) is 48.5 Å². The minimum Gasteiger partial charge on any atom is -0.489 e. The topological polar surface area (TPSA) is 64.3 Å². The molecule has 26 heavy (non-hydrogen) atoms. The zero-order chi connectivity index (χ0) is 17.6. The van der Waals surface area contributed by atoms with Crippen LogP contribution in [0.2, 0.25) is 0 Å². The molecule has 0 aliphatic heterocycles. The molecule has 0 saturated heterocycles. The van der Waals surface area contributed by atoms with Crippen molar-refractivity contribution in [3.63, 3.8) is 0 Å². The number of carbonyl (C=O) groups is 1. The number of benzene rings is 2. The van der Waals surface area contributed by atoms with Crippen LogP contribution >= 0.6 is 12.4 Å². The van der Waals surface area contributed by atoms with Gasteiger partial charge in [-0.05, 0) is 55.0 Å². The van der Waals surface area contributed by atoms with Crippen LogP contribution in [0.3, 0.4) is 0 Å². The predicted molar refractivity (Wildman–Crippen MR) is 108 cm³/mol. The lowest BCUT2D eigenvalue weighted by Crippen LogP contribution is -2.28. The van der Waals surface area contributed by atoms with Gasteiger partial charge in [-0.1, -0.05) is 36.8 Å². The van der Waals surface area contributed by atoms with Crippen LogP contribution in [0.5, 0.6) is 5.75 Å². The number of carbonyl (C=O) groups excluding carboxylic acids is 1. The minimum atomic E-state index is 0. The molecule has 0 spiro atoms. The second-order valence-corrected chi connectivity index (χ2v) is 6.86. The summed E-state index contributed by atoms with van der Waals surface area (Å²) >= 11 is 0. The van der Waals surface area contributed by atoms with Crippen molar-refractivity contribution in [1.29, 1.82) is 0 Å². The van der Waals surface area contributed by atoms with Crippen molar-refractivity contribution in [2.75, 3.05) is 5.32 Å². The van der Waals surface area contributed by atoms with E-state index in [0.717, 1.165) is 41.8 Å². The molecule has 0 aromatic heterocycles. The van der Waals surface area contributed by atoms with E-state index >= 15 is 0 Å². The van der Waals surface area contributed by atoms with Crippen molar-refractivity contribution < 1.29 is 9.53 Å². The van der Waals surface area contributed by atoms with Gasteiger partial charge in [0.15, 0.2) is 0 Å². The van der Waals surface area contributed by atoms with Gasteiger partial charge in [-0.3, -0.25) is 4.79 Å². The van der Waals surface area contributed by atoms with Gasteiger partial charge in [0.25, 0.3) is 0 Å². The summed E-state index contributed by atoms with van der Waals surface area (Å²) in [6.45, 7) is 2.51. The highest BCUT2D eigenvalue weighted by molar-refractivity contribution is 5.91. The van der Waals surface area contributed by atoms with E-state index in [0.29, 0.717) is 18.9 Å². The van der Waals surface area contributed by atoms with Crippen LogP contribution < -0.4 is 15.8 Å². The summed E-state index contributed by atoms with van der Waals surface area (Å²) in [4.78, 5) is 12.3. The van der Waals surface area contributed by atoms with Gasteiger partial charge in [0.05, 0.1) is 0 Å². The van der Waals surface area contributed by atoms with Crippen molar-refractivity contribution in [3.05, 3.63) is 59.7 Å². The fourth-order valence-electron chi connectivity index (χ4n) is 3.37. The van der Waals surface area contributed by atoms with E-state index in [9.17, 15) is 4.79 Å². The number of anilines is 1. The average Bonchev–Trinajstić information content (AvgIpc) is 3.01. The summed E-state index contributed by atoms with van der Waals surface area (Å²) < 4.78 is 5.83. The Morgan fingerprint density at radius 1 is 1.19 bits per heavy atom. The number of hydrogen-bond acceptors (Lipinski definition) is 3. The lowest BCUT2D eigenvalue weighted by molar-refractivity contribution is -0.117. The highest BCUT2D eigenvalue weighted by atomic mass is 35.5.